The van der Waals surface area contributed by atoms with Crippen LogP contribution in [0.25, 0.3) is 0 Å². The van der Waals surface area contributed by atoms with E-state index in [0.717, 1.165) is 13.1 Å². The number of carbonyl (C=O) groups excluding carboxylic acids is 1. The average Bonchev–Trinajstić information content (AvgIpc) is 2.91. The molecule has 0 radical (unpaired) electrons. The molecule has 2 atom stereocenters. The molecule has 114 valence electrons. The van der Waals surface area contributed by atoms with E-state index in [1.165, 1.54) is 11.1 Å². The van der Waals surface area contributed by atoms with Gasteiger partial charge in [-0.1, -0.05) is 42.0 Å². The first-order valence-electron chi connectivity index (χ1n) is 7.65. The highest BCUT2D eigenvalue weighted by molar-refractivity contribution is 5.78. The van der Waals surface area contributed by atoms with Crippen molar-refractivity contribution < 1.29 is 4.79 Å². The van der Waals surface area contributed by atoms with Gasteiger partial charge in [0.15, 0.2) is 0 Å². The summed E-state index contributed by atoms with van der Waals surface area (Å²) in [6.45, 7) is 5.70. The third-order valence-corrected chi connectivity index (χ3v) is 4.34. The van der Waals surface area contributed by atoms with Gasteiger partial charge < -0.3 is 9.80 Å². The lowest BCUT2D eigenvalue weighted by atomic mass is 9.93. The predicted molar refractivity (Wildman–Crippen MR) is 87.4 cm³/mol. The highest BCUT2D eigenvalue weighted by Crippen LogP contribution is 2.30. The third-order valence-electron chi connectivity index (χ3n) is 4.34. The summed E-state index contributed by atoms with van der Waals surface area (Å²) in [6.07, 6.45) is 4.39. The molecule has 0 aromatic heterocycles. The maximum atomic E-state index is 12.3. The van der Waals surface area contributed by atoms with Gasteiger partial charge in [-0.2, -0.15) is 0 Å². The van der Waals surface area contributed by atoms with Crippen LogP contribution in [0.4, 0.5) is 0 Å². The summed E-state index contributed by atoms with van der Waals surface area (Å²) in [5, 5.41) is 0. The lowest BCUT2D eigenvalue weighted by Gasteiger charge is -2.25. The van der Waals surface area contributed by atoms with Crippen molar-refractivity contribution in [3.8, 4) is 0 Å². The topological polar surface area (TPSA) is 23.6 Å². The van der Waals surface area contributed by atoms with Crippen LogP contribution in [-0.2, 0) is 4.79 Å². The van der Waals surface area contributed by atoms with Gasteiger partial charge >= 0.3 is 0 Å². The first-order valence-corrected chi connectivity index (χ1v) is 7.65. The Balaban J connectivity index is 2.15. The molecule has 3 heteroatoms. The normalized spacial score (nSPS) is 22.4. The van der Waals surface area contributed by atoms with E-state index in [-0.39, 0.29) is 5.91 Å². The first kappa shape index (κ1) is 15.8. The smallest absolute Gasteiger partial charge is 0.226 e. The van der Waals surface area contributed by atoms with Crippen molar-refractivity contribution in [1.82, 2.24) is 9.80 Å². The minimum atomic E-state index is 0.231. The lowest BCUT2D eigenvalue weighted by Crippen LogP contribution is -2.35. The molecule has 1 heterocycles. The standard InChI is InChI=1S/C18H26N2O/c1-5-6-7-18(21)20-12-16(17(13-20)19(3)4)15-10-8-14(2)9-11-15/h5-6,8-11,16-17H,7,12-13H2,1-4H3/b6-5+/t16-,17+/m0/s1. The van der Waals surface area contributed by atoms with Gasteiger partial charge in [0.25, 0.3) is 0 Å². The van der Waals surface area contributed by atoms with Gasteiger partial charge in [-0.05, 0) is 33.5 Å². The molecule has 21 heavy (non-hydrogen) atoms. The number of carbonyl (C=O) groups is 1. The van der Waals surface area contributed by atoms with Gasteiger partial charge in [0.2, 0.25) is 5.91 Å². The molecule has 0 aliphatic carbocycles. The molecule has 0 unspecified atom stereocenters. The molecular formula is C18H26N2O. The quantitative estimate of drug-likeness (QED) is 0.795. The minimum absolute atomic E-state index is 0.231. The number of hydrogen-bond acceptors (Lipinski definition) is 2. The monoisotopic (exact) mass is 286 g/mol. The van der Waals surface area contributed by atoms with Crippen molar-refractivity contribution in [2.45, 2.75) is 32.2 Å². The Hall–Kier alpha value is -1.61. The number of allylic oxidation sites excluding steroid dienone is 1. The molecule has 1 aliphatic heterocycles. The SMILES string of the molecule is C/C=C/CC(=O)N1C[C@@H](N(C)C)[C@H](c2ccc(C)cc2)C1. The van der Waals surface area contributed by atoms with E-state index in [1.54, 1.807) is 0 Å². The van der Waals surface area contributed by atoms with Gasteiger partial charge in [0, 0.05) is 31.5 Å². The summed E-state index contributed by atoms with van der Waals surface area (Å²) < 4.78 is 0. The Labute approximate surface area is 128 Å². The number of aryl methyl sites for hydroxylation is 1. The van der Waals surface area contributed by atoms with Crippen LogP contribution >= 0.6 is 0 Å². The Bertz CT molecular complexity index is 504. The Morgan fingerprint density at radius 2 is 1.95 bits per heavy atom. The molecule has 1 aromatic rings. The Morgan fingerprint density at radius 3 is 2.52 bits per heavy atom. The highest BCUT2D eigenvalue weighted by atomic mass is 16.2. The maximum Gasteiger partial charge on any atom is 0.226 e. The van der Waals surface area contributed by atoms with Crippen LogP contribution in [0.2, 0.25) is 0 Å². The van der Waals surface area contributed by atoms with E-state index in [9.17, 15) is 4.79 Å². The molecule has 1 amide bonds. The van der Waals surface area contributed by atoms with E-state index in [0.29, 0.717) is 18.4 Å². The van der Waals surface area contributed by atoms with Crippen LogP contribution < -0.4 is 0 Å². The van der Waals surface area contributed by atoms with Crippen molar-refractivity contribution in [3.05, 3.63) is 47.5 Å². The highest BCUT2D eigenvalue weighted by Gasteiger charge is 2.36. The molecule has 0 spiro atoms. The largest absolute Gasteiger partial charge is 0.340 e. The number of likely N-dealkylation sites (tertiary alicyclic amines) is 1. The molecule has 0 N–H and O–H groups in total. The van der Waals surface area contributed by atoms with Crippen LogP contribution in [0.5, 0.6) is 0 Å². The summed E-state index contributed by atoms with van der Waals surface area (Å²) in [5.74, 6) is 0.629. The zero-order valence-electron chi connectivity index (χ0n) is 13.5. The number of hydrogen-bond donors (Lipinski definition) is 0. The number of nitrogens with zero attached hydrogens (tertiary/aromatic N) is 2. The minimum Gasteiger partial charge on any atom is -0.340 e. The summed E-state index contributed by atoms with van der Waals surface area (Å²) in [6, 6.07) is 9.12. The van der Waals surface area contributed by atoms with Crippen molar-refractivity contribution in [2.75, 3.05) is 27.2 Å². The average molecular weight is 286 g/mol. The molecule has 3 nitrogen and oxygen atoms in total. The molecule has 1 aliphatic rings. The number of amides is 1. The van der Waals surface area contributed by atoms with Crippen LogP contribution in [0.15, 0.2) is 36.4 Å². The van der Waals surface area contributed by atoms with Crippen LogP contribution in [0.3, 0.4) is 0 Å². The van der Waals surface area contributed by atoms with Crippen LogP contribution in [0, 0.1) is 6.92 Å². The molecule has 0 bridgehead atoms. The third kappa shape index (κ3) is 3.73. The van der Waals surface area contributed by atoms with E-state index in [2.05, 4.69) is 50.2 Å². The van der Waals surface area contributed by atoms with Gasteiger partial charge in [0.05, 0.1) is 0 Å². The van der Waals surface area contributed by atoms with Crippen molar-refractivity contribution >= 4 is 5.91 Å². The van der Waals surface area contributed by atoms with Gasteiger partial charge in [-0.15, -0.1) is 0 Å². The predicted octanol–water partition coefficient (Wildman–Crippen LogP) is 2.82. The molecule has 2 rings (SSSR count). The van der Waals surface area contributed by atoms with E-state index in [4.69, 9.17) is 0 Å². The fraction of sp³-hybridized carbons (Fsp3) is 0.500. The maximum absolute atomic E-state index is 12.3. The summed E-state index contributed by atoms with van der Waals surface area (Å²) in [5.41, 5.74) is 2.61. The van der Waals surface area contributed by atoms with Crippen LogP contribution in [-0.4, -0.2) is 48.9 Å². The van der Waals surface area contributed by atoms with E-state index in [1.807, 2.05) is 24.0 Å². The second kappa shape index (κ2) is 6.90. The Morgan fingerprint density at radius 1 is 1.29 bits per heavy atom. The second-order valence-corrected chi connectivity index (χ2v) is 6.12. The van der Waals surface area contributed by atoms with Crippen molar-refractivity contribution in [1.29, 1.82) is 0 Å². The lowest BCUT2D eigenvalue weighted by molar-refractivity contribution is -0.129. The molecule has 1 fully saturated rings. The first-order chi connectivity index (χ1) is 10.0. The van der Waals surface area contributed by atoms with Crippen molar-refractivity contribution in [2.24, 2.45) is 0 Å². The van der Waals surface area contributed by atoms with Crippen LogP contribution in [0.1, 0.15) is 30.4 Å². The number of rotatable bonds is 4. The molecule has 1 aromatic carbocycles. The molecular weight excluding hydrogens is 260 g/mol. The van der Waals surface area contributed by atoms with Crippen molar-refractivity contribution in [3.63, 3.8) is 0 Å². The second-order valence-electron chi connectivity index (χ2n) is 6.12. The molecule has 1 saturated heterocycles. The van der Waals surface area contributed by atoms with Gasteiger partial charge in [0.1, 0.15) is 0 Å². The summed E-state index contributed by atoms with van der Waals surface area (Å²) in [4.78, 5) is 16.5. The number of likely N-dealkylation sites (N-methyl/N-ethyl adjacent to an activating group) is 1. The zero-order valence-corrected chi connectivity index (χ0v) is 13.5. The fourth-order valence-corrected chi connectivity index (χ4v) is 3.00. The summed E-state index contributed by atoms with van der Waals surface area (Å²) in [7, 11) is 4.21. The van der Waals surface area contributed by atoms with Gasteiger partial charge in [-0.25, -0.2) is 0 Å². The summed E-state index contributed by atoms with van der Waals surface area (Å²) >= 11 is 0. The fourth-order valence-electron chi connectivity index (χ4n) is 3.00. The zero-order chi connectivity index (χ0) is 15.4. The van der Waals surface area contributed by atoms with E-state index >= 15 is 0 Å². The molecule has 0 saturated carbocycles. The van der Waals surface area contributed by atoms with E-state index < -0.39 is 0 Å². The Kier molecular flexibility index (Phi) is 5.18. The van der Waals surface area contributed by atoms with Gasteiger partial charge in [-0.3, -0.25) is 4.79 Å². The number of benzene rings is 1.